The highest BCUT2D eigenvalue weighted by atomic mass is 16.4. The minimum atomic E-state index is -1.14. The zero-order chi connectivity index (χ0) is 19.8. The van der Waals surface area contributed by atoms with Crippen LogP contribution in [0.25, 0.3) is 0 Å². The zero-order valence-electron chi connectivity index (χ0n) is 15.4. The Hall–Kier alpha value is -3.15. The maximum Gasteiger partial charge on any atom is 0.322 e. The molecule has 3 N–H and O–H groups in total. The van der Waals surface area contributed by atoms with Crippen LogP contribution >= 0.6 is 0 Å². The molecule has 27 heavy (non-hydrogen) atoms. The summed E-state index contributed by atoms with van der Waals surface area (Å²) in [6.07, 6.45) is 0.266. The summed E-state index contributed by atoms with van der Waals surface area (Å²) < 4.78 is 0. The van der Waals surface area contributed by atoms with Gasteiger partial charge in [0.1, 0.15) is 12.6 Å². The third kappa shape index (κ3) is 6.26. The first-order valence-corrected chi connectivity index (χ1v) is 8.81. The molecule has 2 aromatic carbocycles. The molecule has 0 saturated heterocycles. The highest BCUT2D eigenvalue weighted by Crippen LogP contribution is 2.15. The molecule has 6 nitrogen and oxygen atoms in total. The molecular formula is C21H24N2O4. The normalized spacial score (nSPS) is 11.7. The Balaban J connectivity index is 2.14. The van der Waals surface area contributed by atoms with E-state index < -0.39 is 24.5 Å². The van der Waals surface area contributed by atoms with Gasteiger partial charge in [0, 0.05) is 12.0 Å². The lowest BCUT2D eigenvalue weighted by Gasteiger charge is -2.18. The number of hydrogen-bond donors (Lipinski definition) is 3. The fourth-order valence-electron chi connectivity index (χ4n) is 2.60. The Morgan fingerprint density at radius 2 is 1.59 bits per heavy atom. The molecule has 0 bridgehead atoms. The van der Waals surface area contributed by atoms with Crippen LogP contribution in [-0.2, 0) is 16.0 Å². The predicted molar refractivity (Wildman–Crippen MR) is 103 cm³/mol. The molecule has 0 aliphatic rings. The predicted octanol–water partition coefficient (Wildman–Crippen LogP) is 2.35. The van der Waals surface area contributed by atoms with Gasteiger partial charge in [-0.1, -0.05) is 56.3 Å². The van der Waals surface area contributed by atoms with E-state index in [4.69, 9.17) is 5.11 Å². The smallest absolute Gasteiger partial charge is 0.322 e. The summed E-state index contributed by atoms with van der Waals surface area (Å²) in [6.45, 7) is 3.69. The highest BCUT2D eigenvalue weighted by molar-refractivity contribution is 5.97. The van der Waals surface area contributed by atoms with Crippen molar-refractivity contribution in [2.75, 3.05) is 6.54 Å². The summed E-state index contributed by atoms with van der Waals surface area (Å²) in [5.41, 5.74) is 2.49. The number of hydrogen-bond acceptors (Lipinski definition) is 3. The van der Waals surface area contributed by atoms with Gasteiger partial charge in [-0.3, -0.25) is 14.4 Å². The number of carboxylic acids is 1. The van der Waals surface area contributed by atoms with Crippen molar-refractivity contribution in [3.63, 3.8) is 0 Å². The van der Waals surface area contributed by atoms with E-state index in [1.807, 2.05) is 24.3 Å². The highest BCUT2D eigenvalue weighted by Gasteiger charge is 2.22. The zero-order valence-corrected chi connectivity index (χ0v) is 15.4. The van der Waals surface area contributed by atoms with Crippen LogP contribution in [0.15, 0.2) is 54.6 Å². The van der Waals surface area contributed by atoms with E-state index in [2.05, 4.69) is 24.5 Å². The molecule has 2 amide bonds. The van der Waals surface area contributed by atoms with Crippen LogP contribution in [0.4, 0.5) is 0 Å². The van der Waals surface area contributed by atoms with Gasteiger partial charge in [-0.15, -0.1) is 0 Å². The summed E-state index contributed by atoms with van der Waals surface area (Å²) in [4.78, 5) is 35.6. The van der Waals surface area contributed by atoms with E-state index in [-0.39, 0.29) is 12.3 Å². The van der Waals surface area contributed by atoms with Gasteiger partial charge in [0.05, 0.1) is 0 Å². The van der Waals surface area contributed by atoms with Crippen molar-refractivity contribution in [3.8, 4) is 0 Å². The number of amides is 2. The second-order valence-electron chi connectivity index (χ2n) is 6.60. The van der Waals surface area contributed by atoms with E-state index >= 15 is 0 Å². The Kier molecular flexibility index (Phi) is 7.11. The fraction of sp³-hybridized carbons (Fsp3) is 0.286. The standard InChI is InChI=1S/C21H24N2O4/c1-14(2)16-10-8-15(9-11-16)12-18(21(27)22-13-19(24)25)23-20(26)17-6-4-3-5-7-17/h3-11,14,18H,12-13H2,1-2H3,(H,22,27)(H,23,26)(H,24,25)/t18-/m1/s1. The van der Waals surface area contributed by atoms with Crippen LogP contribution in [0.1, 0.15) is 41.3 Å². The van der Waals surface area contributed by atoms with Crippen molar-refractivity contribution < 1.29 is 19.5 Å². The Bertz CT molecular complexity index is 786. The molecule has 0 saturated carbocycles. The van der Waals surface area contributed by atoms with Crippen LogP contribution in [0, 0.1) is 0 Å². The second kappa shape index (κ2) is 9.52. The van der Waals surface area contributed by atoms with Gasteiger partial charge in [-0.05, 0) is 29.2 Å². The van der Waals surface area contributed by atoms with Crippen molar-refractivity contribution in [3.05, 3.63) is 71.3 Å². The van der Waals surface area contributed by atoms with Crippen molar-refractivity contribution in [1.82, 2.24) is 10.6 Å². The number of aliphatic carboxylic acids is 1. The lowest BCUT2D eigenvalue weighted by atomic mass is 9.98. The summed E-state index contributed by atoms with van der Waals surface area (Å²) in [5.74, 6) is -1.66. The lowest BCUT2D eigenvalue weighted by Crippen LogP contribution is -2.49. The second-order valence-corrected chi connectivity index (χ2v) is 6.60. The summed E-state index contributed by atoms with van der Waals surface area (Å²) in [7, 11) is 0. The van der Waals surface area contributed by atoms with Gasteiger partial charge < -0.3 is 15.7 Å². The summed E-state index contributed by atoms with van der Waals surface area (Å²) in [5, 5.41) is 13.8. The van der Waals surface area contributed by atoms with Crippen molar-refractivity contribution in [2.45, 2.75) is 32.2 Å². The van der Waals surface area contributed by atoms with Crippen LogP contribution in [-0.4, -0.2) is 35.5 Å². The van der Waals surface area contributed by atoms with Crippen molar-refractivity contribution in [2.24, 2.45) is 0 Å². The van der Waals surface area contributed by atoms with Crippen LogP contribution < -0.4 is 10.6 Å². The number of carbonyl (C=O) groups excluding carboxylic acids is 2. The average Bonchev–Trinajstić information content (AvgIpc) is 2.66. The lowest BCUT2D eigenvalue weighted by molar-refractivity contribution is -0.138. The molecule has 0 unspecified atom stereocenters. The molecule has 0 aromatic heterocycles. The fourth-order valence-corrected chi connectivity index (χ4v) is 2.60. The van der Waals surface area contributed by atoms with Gasteiger partial charge >= 0.3 is 5.97 Å². The average molecular weight is 368 g/mol. The molecule has 0 heterocycles. The SMILES string of the molecule is CC(C)c1ccc(C[C@@H](NC(=O)c2ccccc2)C(=O)NCC(=O)O)cc1. The number of carboxylic acid groups (broad SMARTS) is 1. The maximum absolute atomic E-state index is 12.4. The Morgan fingerprint density at radius 3 is 2.15 bits per heavy atom. The Morgan fingerprint density at radius 1 is 0.963 bits per heavy atom. The number of nitrogens with one attached hydrogen (secondary N) is 2. The van der Waals surface area contributed by atoms with Gasteiger partial charge in [0.15, 0.2) is 0 Å². The number of rotatable bonds is 8. The molecule has 2 aromatic rings. The van der Waals surface area contributed by atoms with Gasteiger partial charge in [-0.25, -0.2) is 0 Å². The van der Waals surface area contributed by atoms with Gasteiger partial charge in [-0.2, -0.15) is 0 Å². The Labute approximate surface area is 158 Å². The first-order chi connectivity index (χ1) is 12.9. The summed E-state index contributed by atoms with van der Waals surface area (Å²) in [6, 6.07) is 15.5. The molecule has 0 aliphatic carbocycles. The molecule has 0 radical (unpaired) electrons. The van der Waals surface area contributed by atoms with E-state index in [0.29, 0.717) is 11.5 Å². The minimum Gasteiger partial charge on any atom is -0.480 e. The van der Waals surface area contributed by atoms with E-state index in [1.54, 1.807) is 30.3 Å². The molecule has 0 fully saturated rings. The minimum absolute atomic E-state index is 0.266. The van der Waals surface area contributed by atoms with Gasteiger partial charge in [0.25, 0.3) is 5.91 Å². The molecule has 1 atom stereocenters. The summed E-state index contributed by atoms with van der Waals surface area (Å²) >= 11 is 0. The van der Waals surface area contributed by atoms with Crippen molar-refractivity contribution >= 4 is 17.8 Å². The van der Waals surface area contributed by atoms with E-state index in [0.717, 1.165) is 5.56 Å². The van der Waals surface area contributed by atoms with Crippen LogP contribution in [0.3, 0.4) is 0 Å². The maximum atomic E-state index is 12.4. The van der Waals surface area contributed by atoms with Crippen LogP contribution in [0.2, 0.25) is 0 Å². The van der Waals surface area contributed by atoms with E-state index in [9.17, 15) is 14.4 Å². The van der Waals surface area contributed by atoms with Crippen LogP contribution in [0.5, 0.6) is 0 Å². The first-order valence-electron chi connectivity index (χ1n) is 8.81. The molecule has 2 rings (SSSR count). The topological polar surface area (TPSA) is 95.5 Å². The quantitative estimate of drug-likeness (QED) is 0.666. The monoisotopic (exact) mass is 368 g/mol. The molecule has 142 valence electrons. The van der Waals surface area contributed by atoms with Crippen molar-refractivity contribution in [1.29, 1.82) is 0 Å². The molecule has 0 spiro atoms. The van der Waals surface area contributed by atoms with E-state index in [1.165, 1.54) is 5.56 Å². The van der Waals surface area contributed by atoms with Gasteiger partial charge in [0.2, 0.25) is 5.91 Å². The third-order valence-corrected chi connectivity index (χ3v) is 4.16. The molecule has 0 aliphatic heterocycles. The largest absolute Gasteiger partial charge is 0.480 e. The number of benzene rings is 2. The number of carbonyl (C=O) groups is 3. The molecular weight excluding hydrogens is 344 g/mol. The molecule has 6 heteroatoms. The first kappa shape index (κ1) is 20.2. The third-order valence-electron chi connectivity index (χ3n) is 4.16.